The molecule has 3 aromatic rings. The van der Waals surface area contributed by atoms with Crippen molar-refractivity contribution in [3.63, 3.8) is 0 Å². The zero-order valence-corrected chi connectivity index (χ0v) is 12.8. The number of hydrogen-bond donors (Lipinski definition) is 1. The predicted octanol–water partition coefficient (Wildman–Crippen LogP) is 2.92. The monoisotopic (exact) mass is 300 g/mol. The zero-order valence-electron chi connectivity index (χ0n) is 12.0. The lowest BCUT2D eigenvalue weighted by atomic mass is 10.1. The number of hydrogen-bond acceptors (Lipinski definition) is 4. The SMILES string of the molecule is Cc1ccc2[nH]cc(CCC(=O)N(C)c3nncs3)c2c1. The van der Waals surface area contributed by atoms with Gasteiger partial charge in [0.05, 0.1) is 0 Å². The molecule has 2 aromatic heterocycles. The predicted molar refractivity (Wildman–Crippen MR) is 84.7 cm³/mol. The van der Waals surface area contributed by atoms with Gasteiger partial charge in [-0.1, -0.05) is 23.0 Å². The molecule has 0 bridgehead atoms. The second kappa shape index (κ2) is 5.65. The molecule has 0 radical (unpaired) electrons. The van der Waals surface area contributed by atoms with E-state index in [0.29, 0.717) is 18.0 Å². The molecule has 0 fully saturated rings. The summed E-state index contributed by atoms with van der Waals surface area (Å²) in [6.45, 7) is 2.07. The lowest BCUT2D eigenvalue weighted by Crippen LogP contribution is -2.26. The van der Waals surface area contributed by atoms with Gasteiger partial charge in [0.15, 0.2) is 0 Å². The number of carbonyl (C=O) groups excluding carboxylic acids is 1. The van der Waals surface area contributed by atoms with Crippen molar-refractivity contribution in [1.29, 1.82) is 0 Å². The van der Waals surface area contributed by atoms with Crippen LogP contribution < -0.4 is 4.90 Å². The molecule has 1 amide bonds. The molecule has 0 aliphatic heterocycles. The molecule has 1 N–H and O–H groups in total. The Morgan fingerprint density at radius 2 is 2.29 bits per heavy atom. The van der Waals surface area contributed by atoms with Crippen molar-refractivity contribution < 1.29 is 4.79 Å². The number of anilines is 1. The molecule has 0 saturated carbocycles. The van der Waals surface area contributed by atoms with Crippen LogP contribution in [0.2, 0.25) is 0 Å². The molecule has 0 unspecified atom stereocenters. The number of benzene rings is 1. The molecule has 5 nitrogen and oxygen atoms in total. The Kier molecular flexibility index (Phi) is 3.70. The molecule has 108 valence electrons. The quantitative estimate of drug-likeness (QED) is 0.806. The molecule has 0 aliphatic rings. The van der Waals surface area contributed by atoms with Gasteiger partial charge in [-0.15, -0.1) is 10.2 Å². The van der Waals surface area contributed by atoms with Crippen molar-refractivity contribution in [2.24, 2.45) is 0 Å². The van der Waals surface area contributed by atoms with Crippen LogP contribution in [-0.2, 0) is 11.2 Å². The van der Waals surface area contributed by atoms with E-state index in [0.717, 1.165) is 5.52 Å². The van der Waals surface area contributed by atoms with E-state index in [1.54, 1.807) is 17.5 Å². The molecule has 2 heterocycles. The Morgan fingerprint density at radius 1 is 1.43 bits per heavy atom. The fraction of sp³-hybridized carbons (Fsp3) is 0.267. The van der Waals surface area contributed by atoms with Crippen molar-refractivity contribution in [2.75, 3.05) is 11.9 Å². The molecule has 0 atom stereocenters. The standard InChI is InChI=1S/C15H16N4OS/c1-10-3-5-13-12(7-10)11(8-16-13)4-6-14(20)19(2)15-18-17-9-21-15/h3,5,7-9,16H,4,6H2,1-2H3. The third kappa shape index (κ3) is 2.80. The number of H-pyrrole nitrogens is 1. The van der Waals surface area contributed by atoms with Gasteiger partial charge in [0, 0.05) is 30.6 Å². The lowest BCUT2D eigenvalue weighted by Gasteiger charge is -2.12. The summed E-state index contributed by atoms with van der Waals surface area (Å²) in [5.41, 5.74) is 5.13. The molecule has 21 heavy (non-hydrogen) atoms. The maximum atomic E-state index is 12.2. The van der Waals surface area contributed by atoms with E-state index in [2.05, 4.69) is 40.3 Å². The van der Waals surface area contributed by atoms with Crippen LogP contribution in [-0.4, -0.2) is 28.1 Å². The van der Waals surface area contributed by atoms with Gasteiger partial charge in [0.1, 0.15) is 5.51 Å². The Hall–Kier alpha value is -2.21. The smallest absolute Gasteiger partial charge is 0.228 e. The van der Waals surface area contributed by atoms with Gasteiger partial charge in [0.2, 0.25) is 11.0 Å². The van der Waals surface area contributed by atoms with Crippen LogP contribution >= 0.6 is 11.3 Å². The van der Waals surface area contributed by atoms with E-state index in [-0.39, 0.29) is 5.91 Å². The second-order valence-electron chi connectivity index (χ2n) is 5.04. The highest BCUT2D eigenvalue weighted by Crippen LogP contribution is 2.22. The fourth-order valence-electron chi connectivity index (χ4n) is 2.33. The van der Waals surface area contributed by atoms with E-state index >= 15 is 0 Å². The summed E-state index contributed by atoms with van der Waals surface area (Å²) in [6, 6.07) is 6.31. The summed E-state index contributed by atoms with van der Waals surface area (Å²) in [6.07, 6.45) is 3.16. The molecule has 6 heteroatoms. The number of nitrogens with zero attached hydrogens (tertiary/aromatic N) is 3. The molecular formula is C15H16N4OS. The van der Waals surface area contributed by atoms with E-state index in [9.17, 15) is 4.79 Å². The van der Waals surface area contributed by atoms with Crippen molar-refractivity contribution >= 4 is 33.3 Å². The second-order valence-corrected chi connectivity index (χ2v) is 5.85. The van der Waals surface area contributed by atoms with Crippen LogP contribution in [0.25, 0.3) is 10.9 Å². The van der Waals surface area contributed by atoms with Crippen molar-refractivity contribution in [1.82, 2.24) is 15.2 Å². The van der Waals surface area contributed by atoms with Crippen molar-refractivity contribution in [3.8, 4) is 0 Å². The Balaban J connectivity index is 1.71. The normalized spacial score (nSPS) is 11.0. The topological polar surface area (TPSA) is 61.9 Å². The van der Waals surface area contributed by atoms with E-state index in [1.807, 2.05) is 6.20 Å². The average Bonchev–Trinajstić information content (AvgIpc) is 3.13. The number of aromatic amines is 1. The molecular weight excluding hydrogens is 284 g/mol. The summed E-state index contributed by atoms with van der Waals surface area (Å²) in [5.74, 6) is 0.0498. The highest BCUT2D eigenvalue weighted by molar-refractivity contribution is 7.13. The largest absolute Gasteiger partial charge is 0.361 e. The van der Waals surface area contributed by atoms with E-state index in [4.69, 9.17) is 0 Å². The first-order valence-corrected chi connectivity index (χ1v) is 7.62. The molecule has 0 saturated heterocycles. The first kappa shape index (κ1) is 13.8. The van der Waals surface area contributed by atoms with Gasteiger partial charge in [0.25, 0.3) is 0 Å². The molecule has 1 aromatic carbocycles. The van der Waals surface area contributed by atoms with Crippen LogP contribution in [0.3, 0.4) is 0 Å². The molecule has 0 spiro atoms. The number of amides is 1. The minimum absolute atomic E-state index is 0.0498. The zero-order chi connectivity index (χ0) is 14.8. The minimum atomic E-state index is 0.0498. The maximum absolute atomic E-state index is 12.2. The number of carbonyl (C=O) groups is 1. The maximum Gasteiger partial charge on any atom is 0.228 e. The first-order chi connectivity index (χ1) is 10.1. The van der Waals surface area contributed by atoms with Gasteiger partial charge < -0.3 is 4.98 Å². The third-order valence-electron chi connectivity index (χ3n) is 3.54. The van der Waals surface area contributed by atoms with Crippen molar-refractivity contribution in [3.05, 3.63) is 41.0 Å². The lowest BCUT2D eigenvalue weighted by molar-refractivity contribution is -0.118. The van der Waals surface area contributed by atoms with Crippen LogP contribution in [0.15, 0.2) is 29.9 Å². The highest BCUT2D eigenvalue weighted by Gasteiger charge is 2.14. The molecule has 0 aliphatic carbocycles. The van der Waals surface area contributed by atoms with Gasteiger partial charge >= 0.3 is 0 Å². The first-order valence-electron chi connectivity index (χ1n) is 6.74. The van der Waals surface area contributed by atoms with Gasteiger partial charge in [-0.25, -0.2) is 0 Å². The van der Waals surface area contributed by atoms with Gasteiger partial charge in [-0.05, 0) is 31.0 Å². The Labute approximate surface area is 126 Å². The number of aromatic nitrogens is 3. The minimum Gasteiger partial charge on any atom is -0.361 e. The van der Waals surface area contributed by atoms with Gasteiger partial charge in [-0.2, -0.15) is 0 Å². The average molecular weight is 300 g/mol. The van der Waals surface area contributed by atoms with Crippen LogP contribution in [0.5, 0.6) is 0 Å². The van der Waals surface area contributed by atoms with Crippen LogP contribution in [0.1, 0.15) is 17.5 Å². The molecule has 3 rings (SSSR count). The fourth-order valence-corrected chi connectivity index (χ4v) is 2.87. The van der Waals surface area contributed by atoms with Crippen LogP contribution in [0.4, 0.5) is 5.13 Å². The summed E-state index contributed by atoms with van der Waals surface area (Å²) >= 11 is 1.36. The number of fused-ring (bicyclic) bond motifs is 1. The van der Waals surface area contributed by atoms with E-state index < -0.39 is 0 Å². The summed E-state index contributed by atoms with van der Waals surface area (Å²) < 4.78 is 0. The third-order valence-corrected chi connectivity index (χ3v) is 4.31. The van der Waals surface area contributed by atoms with Gasteiger partial charge in [-0.3, -0.25) is 9.69 Å². The summed E-state index contributed by atoms with van der Waals surface area (Å²) in [4.78, 5) is 17.0. The van der Waals surface area contributed by atoms with E-state index in [1.165, 1.54) is 27.8 Å². The summed E-state index contributed by atoms with van der Waals surface area (Å²) in [7, 11) is 1.74. The van der Waals surface area contributed by atoms with Crippen molar-refractivity contribution in [2.45, 2.75) is 19.8 Å². The number of aryl methyl sites for hydroxylation is 2. The van der Waals surface area contributed by atoms with Crippen LogP contribution in [0, 0.1) is 6.92 Å². The number of rotatable bonds is 4. The number of nitrogens with one attached hydrogen (secondary N) is 1. The highest BCUT2D eigenvalue weighted by atomic mass is 32.1. The Morgan fingerprint density at radius 3 is 3.05 bits per heavy atom. The Bertz CT molecular complexity index is 763. The summed E-state index contributed by atoms with van der Waals surface area (Å²) in [5, 5.41) is 9.50.